The van der Waals surface area contributed by atoms with Crippen molar-refractivity contribution in [3.05, 3.63) is 58.1 Å². The Kier molecular flexibility index (Phi) is 3.49. The zero-order chi connectivity index (χ0) is 14.1. The van der Waals surface area contributed by atoms with Crippen LogP contribution in [0.15, 0.2) is 46.9 Å². The van der Waals surface area contributed by atoms with Gasteiger partial charge in [0.05, 0.1) is 0 Å². The molecule has 0 aliphatic heterocycles. The second-order valence-electron chi connectivity index (χ2n) is 5.10. The first-order chi connectivity index (χ1) is 9.63. The molecule has 4 heteroatoms. The lowest BCUT2D eigenvalue weighted by atomic mass is 10.1. The number of fused-ring (bicyclic) bond motifs is 1. The molecule has 0 radical (unpaired) electrons. The topological polar surface area (TPSA) is 55.1 Å². The van der Waals surface area contributed by atoms with Crippen LogP contribution in [0.2, 0.25) is 0 Å². The summed E-state index contributed by atoms with van der Waals surface area (Å²) in [4.78, 5) is 12.3. The highest BCUT2D eigenvalue weighted by Gasteiger charge is 2.27. The van der Waals surface area contributed by atoms with Crippen LogP contribution in [0.5, 0.6) is 0 Å². The third-order valence-corrected chi connectivity index (χ3v) is 4.41. The minimum atomic E-state index is 0.0114. The summed E-state index contributed by atoms with van der Waals surface area (Å²) in [6, 6.07) is 13.7. The molecule has 2 aromatic carbocycles. The second kappa shape index (κ2) is 5.29. The molecule has 102 valence electrons. The van der Waals surface area contributed by atoms with Crippen LogP contribution >= 0.6 is 15.9 Å². The maximum atomic E-state index is 12.3. The van der Waals surface area contributed by atoms with E-state index in [1.54, 1.807) is 6.07 Å². The van der Waals surface area contributed by atoms with Crippen LogP contribution in [0, 0.1) is 5.92 Å². The molecule has 3 rings (SSSR count). The van der Waals surface area contributed by atoms with Crippen molar-refractivity contribution in [3.63, 3.8) is 0 Å². The van der Waals surface area contributed by atoms with Crippen molar-refractivity contribution in [2.45, 2.75) is 12.8 Å². The molecule has 0 atom stereocenters. The van der Waals surface area contributed by atoms with Crippen molar-refractivity contribution >= 4 is 33.2 Å². The fraction of sp³-hybridized carbons (Fsp3) is 0.188. The Morgan fingerprint density at radius 3 is 2.40 bits per heavy atom. The predicted molar refractivity (Wildman–Crippen MR) is 84.5 cm³/mol. The standard InChI is InChI=1S/C16H15BrN2O/c17-14-6-5-13(9-15(14)18)19-16(20)12-7-10-3-1-2-4-11(10)8-12/h1-6,9,12H,7-8,18H2,(H,19,20). The highest BCUT2D eigenvalue weighted by molar-refractivity contribution is 9.10. The Hall–Kier alpha value is -1.81. The summed E-state index contributed by atoms with van der Waals surface area (Å²) in [6.07, 6.45) is 1.63. The molecular weight excluding hydrogens is 316 g/mol. The van der Waals surface area contributed by atoms with Gasteiger partial charge in [-0.1, -0.05) is 24.3 Å². The van der Waals surface area contributed by atoms with Crippen molar-refractivity contribution in [1.29, 1.82) is 0 Å². The monoisotopic (exact) mass is 330 g/mol. The van der Waals surface area contributed by atoms with Crippen molar-refractivity contribution in [2.24, 2.45) is 5.92 Å². The molecule has 3 N–H and O–H groups in total. The van der Waals surface area contributed by atoms with Crippen molar-refractivity contribution in [2.75, 3.05) is 11.1 Å². The van der Waals surface area contributed by atoms with Crippen LogP contribution < -0.4 is 11.1 Å². The number of nitrogen functional groups attached to an aromatic ring is 1. The molecule has 2 aromatic rings. The first-order valence-corrected chi connectivity index (χ1v) is 7.35. The van der Waals surface area contributed by atoms with E-state index in [1.807, 2.05) is 24.3 Å². The summed E-state index contributed by atoms with van der Waals surface area (Å²) in [5.74, 6) is 0.0696. The first-order valence-electron chi connectivity index (χ1n) is 6.56. The summed E-state index contributed by atoms with van der Waals surface area (Å²) >= 11 is 3.34. The zero-order valence-corrected chi connectivity index (χ0v) is 12.5. The fourth-order valence-corrected chi connectivity index (χ4v) is 2.86. The van der Waals surface area contributed by atoms with Gasteiger partial charge in [-0.15, -0.1) is 0 Å². The van der Waals surface area contributed by atoms with E-state index in [9.17, 15) is 4.79 Å². The number of amides is 1. The van der Waals surface area contributed by atoms with Gasteiger partial charge in [-0.3, -0.25) is 4.79 Å². The predicted octanol–water partition coefficient (Wildman–Crippen LogP) is 3.38. The fourth-order valence-electron chi connectivity index (χ4n) is 2.61. The lowest BCUT2D eigenvalue weighted by Crippen LogP contribution is -2.23. The van der Waals surface area contributed by atoms with E-state index < -0.39 is 0 Å². The minimum Gasteiger partial charge on any atom is -0.398 e. The van der Waals surface area contributed by atoms with Gasteiger partial charge in [-0.2, -0.15) is 0 Å². The van der Waals surface area contributed by atoms with Gasteiger partial charge in [0.15, 0.2) is 0 Å². The Balaban J connectivity index is 1.71. The molecule has 0 saturated heterocycles. The van der Waals surface area contributed by atoms with Crippen molar-refractivity contribution in [1.82, 2.24) is 0 Å². The molecule has 20 heavy (non-hydrogen) atoms. The molecular formula is C16H15BrN2O. The normalized spacial score (nSPS) is 14.1. The van der Waals surface area contributed by atoms with Crippen molar-refractivity contribution in [3.8, 4) is 0 Å². The van der Waals surface area contributed by atoms with Crippen LogP contribution in [0.3, 0.4) is 0 Å². The smallest absolute Gasteiger partial charge is 0.228 e. The number of benzene rings is 2. The first kappa shape index (κ1) is 13.2. The third-order valence-electron chi connectivity index (χ3n) is 3.69. The Morgan fingerprint density at radius 1 is 1.15 bits per heavy atom. The maximum absolute atomic E-state index is 12.3. The third kappa shape index (κ3) is 2.56. The van der Waals surface area contributed by atoms with E-state index in [0.29, 0.717) is 5.69 Å². The number of hydrogen-bond acceptors (Lipinski definition) is 2. The lowest BCUT2D eigenvalue weighted by Gasteiger charge is -2.11. The van der Waals surface area contributed by atoms with E-state index in [4.69, 9.17) is 5.73 Å². The molecule has 0 heterocycles. The molecule has 0 saturated carbocycles. The highest BCUT2D eigenvalue weighted by atomic mass is 79.9. The summed E-state index contributed by atoms with van der Waals surface area (Å²) in [5.41, 5.74) is 9.75. The minimum absolute atomic E-state index is 0.0114. The molecule has 0 bridgehead atoms. The molecule has 3 nitrogen and oxygen atoms in total. The number of nitrogens with one attached hydrogen (secondary N) is 1. The average molecular weight is 331 g/mol. The zero-order valence-electron chi connectivity index (χ0n) is 10.9. The van der Waals surface area contributed by atoms with Crippen LogP contribution in [-0.2, 0) is 17.6 Å². The largest absolute Gasteiger partial charge is 0.398 e. The Labute approximate surface area is 126 Å². The average Bonchev–Trinajstić information content (AvgIpc) is 2.87. The molecule has 0 aromatic heterocycles. The van der Waals surface area contributed by atoms with E-state index in [2.05, 4.69) is 33.4 Å². The SMILES string of the molecule is Nc1cc(NC(=O)C2Cc3ccccc3C2)ccc1Br. The number of carbonyl (C=O) groups is 1. The van der Waals surface area contributed by atoms with Gasteiger partial charge in [0.2, 0.25) is 5.91 Å². The Morgan fingerprint density at radius 2 is 1.80 bits per heavy atom. The van der Waals surface area contributed by atoms with Crippen LogP contribution in [0.25, 0.3) is 0 Å². The van der Waals surface area contributed by atoms with Crippen molar-refractivity contribution < 1.29 is 4.79 Å². The second-order valence-corrected chi connectivity index (χ2v) is 5.95. The van der Waals surface area contributed by atoms with Gasteiger partial charge in [0.25, 0.3) is 0 Å². The van der Waals surface area contributed by atoms with Gasteiger partial charge >= 0.3 is 0 Å². The molecule has 0 spiro atoms. The molecule has 1 amide bonds. The quantitative estimate of drug-likeness (QED) is 0.829. The van der Waals surface area contributed by atoms with E-state index in [0.717, 1.165) is 23.0 Å². The number of rotatable bonds is 2. The van der Waals surface area contributed by atoms with Gasteiger partial charge in [-0.05, 0) is 58.1 Å². The molecule has 0 unspecified atom stereocenters. The highest BCUT2D eigenvalue weighted by Crippen LogP contribution is 2.28. The van der Waals surface area contributed by atoms with Gasteiger partial charge in [0, 0.05) is 21.8 Å². The van der Waals surface area contributed by atoms with Gasteiger partial charge in [-0.25, -0.2) is 0 Å². The summed E-state index contributed by atoms with van der Waals surface area (Å²) < 4.78 is 0.837. The summed E-state index contributed by atoms with van der Waals surface area (Å²) in [7, 11) is 0. The van der Waals surface area contributed by atoms with Gasteiger partial charge in [0.1, 0.15) is 0 Å². The number of nitrogens with two attached hydrogens (primary N) is 1. The number of hydrogen-bond donors (Lipinski definition) is 2. The lowest BCUT2D eigenvalue weighted by molar-refractivity contribution is -0.119. The van der Waals surface area contributed by atoms with Gasteiger partial charge < -0.3 is 11.1 Å². The van der Waals surface area contributed by atoms with E-state index in [1.165, 1.54) is 11.1 Å². The molecule has 0 fully saturated rings. The van der Waals surface area contributed by atoms with Crippen LogP contribution in [0.4, 0.5) is 11.4 Å². The Bertz CT molecular complexity index is 644. The van der Waals surface area contributed by atoms with E-state index in [-0.39, 0.29) is 11.8 Å². The summed E-state index contributed by atoms with van der Waals surface area (Å²) in [6.45, 7) is 0. The summed E-state index contributed by atoms with van der Waals surface area (Å²) in [5, 5.41) is 2.95. The number of carbonyl (C=O) groups excluding carboxylic acids is 1. The number of halogens is 1. The van der Waals surface area contributed by atoms with Crippen LogP contribution in [-0.4, -0.2) is 5.91 Å². The molecule has 1 aliphatic rings. The number of anilines is 2. The van der Waals surface area contributed by atoms with Crippen LogP contribution in [0.1, 0.15) is 11.1 Å². The molecule has 1 aliphatic carbocycles. The van der Waals surface area contributed by atoms with E-state index >= 15 is 0 Å². The maximum Gasteiger partial charge on any atom is 0.228 e.